The number of fused-ring (bicyclic) bond motifs is 1. The summed E-state index contributed by atoms with van der Waals surface area (Å²) in [6, 6.07) is 14.0. The highest BCUT2D eigenvalue weighted by Crippen LogP contribution is 2.32. The van der Waals surface area contributed by atoms with E-state index >= 15 is 4.39 Å². The molecule has 1 fully saturated rings. The minimum Gasteiger partial charge on any atom is -0.388 e. The Morgan fingerprint density at radius 2 is 2.02 bits per heavy atom. The molecule has 0 saturated carbocycles. The number of aromatic amines is 1. The van der Waals surface area contributed by atoms with Crippen LogP contribution in [0.1, 0.15) is 69.5 Å². The van der Waals surface area contributed by atoms with Gasteiger partial charge in [0.15, 0.2) is 5.82 Å². The third-order valence-corrected chi connectivity index (χ3v) is 8.18. The minimum atomic E-state index is -0.509. The van der Waals surface area contributed by atoms with Crippen molar-refractivity contribution in [3.05, 3.63) is 81.1 Å². The number of H-pyrrole nitrogens is 1. The van der Waals surface area contributed by atoms with Gasteiger partial charge in [0.2, 0.25) is 0 Å². The normalized spacial score (nSPS) is 18.5. The summed E-state index contributed by atoms with van der Waals surface area (Å²) in [6.07, 6.45) is 8.52. The number of halogens is 2. The second-order valence-electron chi connectivity index (χ2n) is 11.4. The number of aryl methyl sites for hydroxylation is 1. The zero-order chi connectivity index (χ0) is 29.8. The van der Waals surface area contributed by atoms with Crippen molar-refractivity contribution in [1.29, 1.82) is 0 Å². The van der Waals surface area contributed by atoms with Gasteiger partial charge < -0.3 is 21.8 Å². The predicted molar refractivity (Wildman–Crippen MR) is 169 cm³/mol. The van der Waals surface area contributed by atoms with Gasteiger partial charge in [-0.15, -0.1) is 0 Å². The minimum absolute atomic E-state index is 0.0625. The van der Waals surface area contributed by atoms with E-state index in [1.807, 2.05) is 26.0 Å². The summed E-state index contributed by atoms with van der Waals surface area (Å²) in [4.78, 5) is 24.7. The van der Waals surface area contributed by atoms with Gasteiger partial charge in [-0.25, -0.2) is 9.18 Å². The van der Waals surface area contributed by atoms with Crippen molar-refractivity contribution in [2.75, 3.05) is 6.54 Å². The molecular weight excluding hydrogens is 553 g/mol. The average molecular weight is 592 g/mol. The molecule has 6 N–H and O–H groups in total. The van der Waals surface area contributed by atoms with E-state index in [0.717, 1.165) is 57.1 Å². The maximum absolute atomic E-state index is 15.1. The molecule has 0 spiro atoms. The Morgan fingerprint density at radius 3 is 2.76 bits per heavy atom. The molecule has 0 unspecified atom stereocenters. The van der Waals surface area contributed by atoms with Crippen molar-refractivity contribution < 1.29 is 4.39 Å². The van der Waals surface area contributed by atoms with Gasteiger partial charge in [-0.1, -0.05) is 30.2 Å². The van der Waals surface area contributed by atoms with Gasteiger partial charge in [-0.05, 0) is 93.8 Å². The first-order valence-electron chi connectivity index (χ1n) is 14.7. The Labute approximate surface area is 250 Å². The molecule has 1 aliphatic heterocycles. The summed E-state index contributed by atoms with van der Waals surface area (Å²) >= 11 is 6.25. The molecule has 0 radical (unpaired) electrons. The zero-order valence-electron chi connectivity index (χ0n) is 24.2. The smallest absolute Gasteiger partial charge is 0.354 e. The number of amidine groups is 1. The lowest BCUT2D eigenvalue weighted by atomic mass is 9.92. The highest BCUT2D eigenvalue weighted by Gasteiger charge is 2.22. The van der Waals surface area contributed by atoms with Gasteiger partial charge in [0.05, 0.1) is 22.2 Å². The van der Waals surface area contributed by atoms with E-state index in [-0.39, 0.29) is 17.1 Å². The fraction of sp³-hybridized carbons (Fsp3) is 0.406. The first-order chi connectivity index (χ1) is 20.2. The molecule has 1 aliphatic rings. The van der Waals surface area contributed by atoms with Crippen LogP contribution in [0.4, 0.5) is 4.39 Å². The Balaban J connectivity index is 1.35. The maximum Gasteiger partial charge on any atom is 0.354 e. The first kappa shape index (κ1) is 29.9. The van der Waals surface area contributed by atoms with Crippen molar-refractivity contribution in [3.63, 3.8) is 0 Å². The molecule has 2 aromatic carbocycles. The molecule has 222 valence electrons. The van der Waals surface area contributed by atoms with E-state index in [0.29, 0.717) is 39.9 Å². The summed E-state index contributed by atoms with van der Waals surface area (Å²) in [6.45, 7) is 4.51. The molecule has 0 aliphatic carbocycles. The van der Waals surface area contributed by atoms with Gasteiger partial charge >= 0.3 is 5.69 Å². The van der Waals surface area contributed by atoms with Crippen molar-refractivity contribution >= 4 is 28.5 Å². The second-order valence-corrected chi connectivity index (χ2v) is 11.8. The monoisotopic (exact) mass is 591 g/mol. The van der Waals surface area contributed by atoms with Crippen molar-refractivity contribution in [2.24, 2.45) is 16.5 Å². The third kappa shape index (κ3) is 7.09. The van der Waals surface area contributed by atoms with E-state index in [1.165, 1.54) is 10.1 Å². The van der Waals surface area contributed by atoms with Crippen LogP contribution >= 0.6 is 11.6 Å². The Bertz CT molecular complexity index is 1620. The number of benzene rings is 2. The number of aromatic nitrogens is 3. The number of rotatable bonds is 10. The molecule has 0 amide bonds. The van der Waals surface area contributed by atoms with Crippen LogP contribution in [0.2, 0.25) is 5.02 Å². The van der Waals surface area contributed by atoms with Crippen LogP contribution in [-0.4, -0.2) is 39.0 Å². The summed E-state index contributed by atoms with van der Waals surface area (Å²) in [5, 5.41) is 4.50. The number of nitrogens with zero attached hydrogens (tertiary/aromatic N) is 3. The number of nitrogens with one attached hydrogen (secondary N) is 2. The molecule has 3 atom stereocenters. The van der Waals surface area contributed by atoms with Crippen molar-refractivity contribution in [3.8, 4) is 16.9 Å². The summed E-state index contributed by atoms with van der Waals surface area (Å²) < 4.78 is 16.6. The predicted octanol–water partition coefficient (Wildman–Crippen LogP) is 5.79. The lowest BCUT2D eigenvalue weighted by Gasteiger charge is -2.31. The summed E-state index contributed by atoms with van der Waals surface area (Å²) in [7, 11) is 0. The number of nitrogens with two attached hydrogens (primary N) is 2. The molecule has 4 aromatic rings. The van der Waals surface area contributed by atoms with E-state index < -0.39 is 11.5 Å². The molecule has 1 saturated heterocycles. The van der Waals surface area contributed by atoms with Gasteiger partial charge in [0, 0.05) is 41.8 Å². The lowest BCUT2D eigenvalue weighted by Crippen LogP contribution is -2.37. The van der Waals surface area contributed by atoms with Crippen LogP contribution in [-0.2, 0) is 6.42 Å². The summed E-state index contributed by atoms with van der Waals surface area (Å²) in [5.41, 5.74) is 15.2. The molecular formula is C32H39ClFN7O. The first-order valence-corrected chi connectivity index (χ1v) is 15.0. The number of hydrogen-bond donors (Lipinski definition) is 4. The fourth-order valence-electron chi connectivity index (χ4n) is 5.71. The molecule has 3 heterocycles. The van der Waals surface area contributed by atoms with Crippen LogP contribution < -0.4 is 22.5 Å². The maximum atomic E-state index is 15.1. The van der Waals surface area contributed by atoms with Gasteiger partial charge in [0.1, 0.15) is 5.65 Å². The molecule has 5 rings (SSSR count). The molecule has 0 bridgehead atoms. The van der Waals surface area contributed by atoms with Crippen LogP contribution in [0.25, 0.3) is 28.0 Å². The van der Waals surface area contributed by atoms with Crippen LogP contribution in [0.3, 0.4) is 0 Å². The molecule has 42 heavy (non-hydrogen) atoms. The van der Waals surface area contributed by atoms with Gasteiger partial charge in [0.25, 0.3) is 0 Å². The highest BCUT2D eigenvalue weighted by atomic mass is 35.5. The van der Waals surface area contributed by atoms with Crippen LogP contribution in [0, 0.1) is 5.82 Å². The average Bonchev–Trinajstić information content (AvgIpc) is 3.37. The van der Waals surface area contributed by atoms with Gasteiger partial charge in [-0.2, -0.15) is 4.98 Å². The van der Waals surface area contributed by atoms with Gasteiger partial charge in [-0.3, -0.25) is 9.56 Å². The van der Waals surface area contributed by atoms with E-state index in [1.54, 1.807) is 24.4 Å². The topological polar surface area (TPSA) is 127 Å². The van der Waals surface area contributed by atoms with E-state index in [4.69, 9.17) is 23.1 Å². The SMILES string of the molecule is CC(N)=NCC[C@H]1CCC[C@@H](c2ccc(-n3cc4cc(-c5cc(CCC[C@H](C)N)cc(Cl)c5F)[nH]c4nc3=O)cc2)N1. The molecule has 10 heteroatoms. The standard InChI is InChI=1S/C32H39ClFN7O/c1-19(35)5-3-6-21-15-26(30(34)27(33)16-21)29-17-23-18-41(32(42)40-31(23)39-29)25-11-9-22(10-12-25)28-8-4-7-24(38-28)13-14-37-20(2)36/h9-12,15-19,24,28,38H,3-8,13-14,35H2,1-2H3,(H2,36,37)(H,39,40,42)/t19-,24+,28-/m0/s1. The zero-order valence-corrected chi connectivity index (χ0v) is 24.9. The second kappa shape index (κ2) is 13.2. The van der Waals surface area contributed by atoms with Crippen LogP contribution in [0.5, 0.6) is 0 Å². The number of hydrogen-bond acceptors (Lipinski definition) is 5. The van der Waals surface area contributed by atoms with E-state index in [9.17, 15) is 4.79 Å². The quantitative estimate of drug-likeness (QED) is 0.137. The lowest BCUT2D eigenvalue weighted by molar-refractivity contribution is 0.315. The number of aliphatic imine (C=N–C) groups is 1. The van der Waals surface area contributed by atoms with Crippen molar-refractivity contribution in [1.82, 2.24) is 19.9 Å². The Morgan fingerprint density at radius 1 is 1.24 bits per heavy atom. The molecule has 2 aromatic heterocycles. The largest absolute Gasteiger partial charge is 0.388 e. The van der Waals surface area contributed by atoms with Crippen molar-refractivity contribution in [2.45, 2.75) is 76.9 Å². The third-order valence-electron chi connectivity index (χ3n) is 7.91. The molecule has 8 nitrogen and oxygen atoms in total. The van der Waals surface area contributed by atoms with Crippen LogP contribution in [0.15, 0.2) is 58.4 Å². The van der Waals surface area contributed by atoms with E-state index in [2.05, 4.69) is 32.4 Å². The number of piperidine rings is 1. The summed E-state index contributed by atoms with van der Waals surface area (Å²) in [5.74, 6) is 0.108. The fourth-order valence-corrected chi connectivity index (χ4v) is 5.95. The Kier molecular flexibility index (Phi) is 9.40. The Hall–Kier alpha value is -3.53. The highest BCUT2D eigenvalue weighted by molar-refractivity contribution is 6.31.